The predicted octanol–water partition coefficient (Wildman–Crippen LogP) is 4.74. The van der Waals surface area contributed by atoms with Gasteiger partial charge in [0.15, 0.2) is 0 Å². The summed E-state index contributed by atoms with van der Waals surface area (Å²) in [5, 5.41) is 18.4. The molecule has 2 rings (SSSR count). The average molecular weight is 298 g/mol. The number of nitriles is 2. The van der Waals surface area contributed by atoms with Gasteiger partial charge in [0.25, 0.3) is 11.4 Å². The SMILES string of the molecule is [C-]#[N+]/C(C#N)=C1/C/C(=C(\C#N)[N+]#[C-])c2cc(CCCC)ccc21. The van der Waals surface area contributed by atoms with Crippen LogP contribution in [0.2, 0.25) is 0 Å². The molecule has 0 fully saturated rings. The van der Waals surface area contributed by atoms with Gasteiger partial charge in [0.1, 0.15) is 0 Å². The number of aryl methyl sites for hydroxylation is 1. The second-order valence-electron chi connectivity index (χ2n) is 5.26. The Balaban J connectivity index is 2.70. The van der Waals surface area contributed by atoms with Gasteiger partial charge in [-0.2, -0.15) is 0 Å². The summed E-state index contributed by atoms with van der Waals surface area (Å²) in [5.74, 6) is 0. The molecule has 1 aromatic rings. The third-order valence-electron chi connectivity index (χ3n) is 3.91. The molecular formula is C19H14N4. The van der Waals surface area contributed by atoms with Crippen molar-refractivity contribution in [3.05, 3.63) is 69.1 Å². The van der Waals surface area contributed by atoms with Gasteiger partial charge < -0.3 is 0 Å². The number of rotatable bonds is 3. The summed E-state index contributed by atoms with van der Waals surface area (Å²) < 4.78 is 0. The Morgan fingerprint density at radius 2 is 1.70 bits per heavy atom. The summed E-state index contributed by atoms with van der Waals surface area (Å²) in [6.45, 7) is 16.5. The quantitative estimate of drug-likeness (QED) is 0.597. The molecule has 0 saturated heterocycles. The van der Waals surface area contributed by atoms with Gasteiger partial charge in [0.2, 0.25) is 0 Å². The lowest BCUT2D eigenvalue weighted by Gasteiger charge is -2.06. The molecule has 1 aliphatic rings. The smallest absolute Gasteiger partial charge is 0.226 e. The molecule has 4 heteroatoms. The van der Waals surface area contributed by atoms with Gasteiger partial charge in [-0.05, 0) is 47.1 Å². The van der Waals surface area contributed by atoms with E-state index in [4.69, 9.17) is 18.4 Å². The Bertz CT molecular complexity index is 842. The van der Waals surface area contributed by atoms with E-state index in [0.717, 1.165) is 36.0 Å². The molecule has 0 amide bonds. The standard InChI is InChI=1S/C19H14N4/c1-4-5-6-13-7-8-14-15(9-13)17(19(12-21)23-3)10-16(14)18(11-20)22-2/h7-9H,4-6,10H2,1H3/b18-16-,19-17-. The van der Waals surface area contributed by atoms with Gasteiger partial charge in [-0.3, -0.25) is 0 Å². The van der Waals surface area contributed by atoms with Crippen LogP contribution in [0, 0.1) is 35.8 Å². The first-order valence-electron chi connectivity index (χ1n) is 7.35. The first-order chi connectivity index (χ1) is 11.2. The highest BCUT2D eigenvalue weighted by atomic mass is 14.7. The van der Waals surface area contributed by atoms with Gasteiger partial charge in [-0.15, -0.1) is 0 Å². The zero-order valence-electron chi connectivity index (χ0n) is 12.8. The average Bonchev–Trinajstić information content (AvgIpc) is 2.94. The molecule has 0 radical (unpaired) electrons. The number of allylic oxidation sites excluding steroid dienone is 4. The summed E-state index contributed by atoms with van der Waals surface area (Å²) >= 11 is 0. The van der Waals surface area contributed by atoms with E-state index in [2.05, 4.69) is 16.6 Å². The molecule has 0 unspecified atom stereocenters. The minimum absolute atomic E-state index is 0.0322. The minimum atomic E-state index is 0.0322. The predicted molar refractivity (Wildman–Crippen MR) is 87.9 cm³/mol. The van der Waals surface area contributed by atoms with Crippen molar-refractivity contribution < 1.29 is 0 Å². The highest BCUT2D eigenvalue weighted by molar-refractivity contribution is 5.97. The number of hydrogen-bond donors (Lipinski definition) is 0. The first-order valence-corrected chi connectivity index (χ1v) is 7.35. The lowest BCUT2D eigenvalue weighted by molar-refractivity contribution is 0.795. The summed E-state index contributed by atoms with van der Waals surface area (Å²) in [6, 6.07) is 9.76. The molecule has 4 nitrogen and oxygen atoms in total. The first kappa shape index (κ1) is 16.0. The molecule has 110 valence electrons. The summed E-state index contributed by atoms with van der Waals surface area (Å²) in [4.78, 5) is 6.60. The number of benzene rings is 1. The van der Waals surface area contributed by atoms with Crippen LogP contribution in [0.5, 0.6) is 0 Å². The molecule has 0 saturated carbocycles. The third kappa shape index (κ3) is 2.98. The second kappa shape index (κ2) is 7.09. The lowest BCUT2D eigenvalue weighted by atomic mass is 9.99. The molecule has 0 N–H and O–H groups in total. The molecule has 0 heterocycles. The van der Waals surface area contributed by atoms with Crippen LogP contribution in [0.1, 0.15) is 42.9 Å². The second-order valence-corrected chi connectivity index (χ2v) is 5.26. The minimum Gasteiger partial charge on any atom is -0.226 e. The third-order valence-corrected chi connectivity index (χ3v) is 3.91. The van der Waals surface area contributed by atoms with Crippen LogP contribution in [-0.4, -0.2) is 0 Å². The Morgan fingerprint density at radius 3 is 2.22 bits per heavy atom. The Labute approximate surface area is 136 Å². The molecule has 0 aromatic heterocycles. The molecule has 0 aliphatic heterocycles. The van der Waals surface area contributed by atoms with Crippen LogP contribution in [0.3, 0.4) is 0 Å². The van der Waals surface area contributed by atoms with E-state index in [1.165, 1.54) is 0 Å². The lowest BCUT2D eigenvalue weighted by Crippen LogP contribution is -1.90. The maximum atomic E-state index is 9.20. The van der Waals surface area contributed by atoms with Gasteiger partial charge in [-0.25, -0.2) is 20.2 Å². The summed E-state index contributed by atoms with van der Waals surface area (Å²) in [5.41, 5.74) is 4.07. The van der Waals surface area contributed by atoms with Crippen molar-refractivity contribution in [2.24, 2.45) is 0 Å². The van der Waals surface area contributed by atoms with Crippen LogP contribution in [-0.2, 0) is 6.42 Å². The van der Waals surface area contributed by atoms with Gasteiger partial charge in [-0.1, -0.05) is 31.5 Å². The fraction of sp³-hybridized carbons (Fsp3) is 0.263. The monoisotopic (exact) mass is 298 g/mol. The van der Waals surface area contributed by atoms with Crippen molar-refractivity contribution in [2.45, 2.75) is 32.6 Å². The highest BCUT2D eigenvalue weighted by Gasteiger charge is 2.27. The summed E-state index contributed by atoms with van der Waals surface area (Å²) in [7, 11) is 0. The molecule has 0 spiro atoms. The zero-order valence-corrected chi connectivity index (χ0v) is 12.8. The summed E-state index contributed by atoms with van der Waals surface area (Å²) in [6.07, 6.45) is 3.39. The van der Waals surface area contributed by atoms with E-state index in [0.29, 0.717) is 17.6 Å². The van der Waals surface area contributed by atoms with E-state index >= 15 is 0 Å². The van der Waals surface area contributed by atoms with E-state index in [1.54, 1.807) is 0 Å². The number of hydrogen-bond acceptors (Lipinski definition) is 2. The van der Waals surface area contributed by atoms with E-state index < -0.39 is 0 Å². The normalized spacial score (nSPS) is 16.4. The molecule has 23 heavy (non-hydrogen) atoms. The van der Waals surface area contributed by atoms with Crippen molar-refractivity contribution in [1.82, 2.24) is 0 Å². The number of fused-ring (bicyclic) bond motifs is 1. The maximum absolute atomic E-state index is 9.20. The van der Waals surface area contributed by atoms with Gasteiger partial charge in [0, 0.05) is 0 Å². The largest absolute Gasteiger partial charge is 0.265 e. The van der Waals surface area contributed by atoms with Crippen molar-refractivity contribution in [3.8, 4) is 12.1 Å². The van der Waals surface area contributed by atoms with Gasteiger partial charge >= 0.3 is 0 Å². The number of unbranched alkanes of at least 4 members (excludes halogenated alkanes) is 1. The fourth-order valence-corrected chi connectivity index (χ4v) is 2.75. The Morgan fingerprint density at radius 1 is 1.09 bits per heavy atom. The fourth-order valence-electron chi connectivity index (χ4n) is 2.75. The molecule has 0 atom stereocenters. The van der Waals surface area contributed by atoms with Crippen molar-refractivity contribution >= 4 is 11.1 Å². The van der Waals surface area contributed by atoms with E-state index in [1.807, 2.05) is 30.3 Å². The zero-order chi connectivity index (χ0) is 16.8. The topological polar surface area (TPSA) is 56.3 Å². The van der Waals surface area contributed by atoms with Crippen molar-refractivity contribution in [3.63, 3.8) is 0 Å². The van der Waals surface area contributed by atoms with Crippen LogP contribution >= 0.6 is 0 Å². The van der Waals surface area contributed by atoms with Gasteiger partial charge in [0.05, 0.1) is 25.3 Å². The maximum Gasteiger partial charge on any atom is 0.265 e. The van der Waals surface area contributed by atoms with Crippen LogP contribution < -0.4 is 0 Å². The van der Waals surface area contributed by atoms with Crippen LogP contribution in [0.4, 0.5) is 0 Å². The highest BCUT2D eigenvalue weighted by Crippen LogP contribution is 2.44. The molecule has 1 aliphatic carbocycles. The number of nitrogens with zero attached hydrogens (tertiary/aromatic N) is 4. The molecule has 0 bridgehead atoms. The Hall–Kier alpha value is -3.34. The van der Waals surface area contributed by atoms with Crippen LogP contribution in [0.15, 0.2) is 29.6 Å². The molecular weight excluding hydrogens is 284 g/mol. The molecule has 1 aromatic carbocycles. The van der Waals surface area contributed by atoms with E-state index in [9.17, 15) is 5.26 Å². The van der Waals surface area contributed by atoms with Crippen molar-refractivity contribution in [2.75, 3.05) is 0 Å². The Kier molecular flexibility index (Phi) is 4.94. The van der Waals surface area contributed by atoms with Crippen LogP contribution in [0.25, 0.3) is 20.8 Å². The van der Waals surface area contributed by atoms with Crippen molar-refractivity contribution in [1.29, 1.82) is 10.5 Å². The van der Waals surface area contributed by atoms with E-state index in [-0.39, 0.29) is 11.4 Å².